The molecule has 0 aromatic heterocycles. The summed E-state index contributed by atoms with van der Waals surface area (Å²) < 4.78 is 0. The van der Waals surface area contributed by atoms with Crippen molar-refractivity contribution in [2.75, 3.05) is 34.2 Å². The largest absolute Gasteiger partial charge is 0.343 e. The minimum atomic E-state index is -0.00773. The molecular weight excluding hydrogens is 226 g/mol. The molecule has 0 bridgehead atoms. The van der Waals surface area contributed by atoms with E-state index in [1.165, 1.54) is 19.3 Å². The first-order valence-electron chi connectivity index (χ1n) is 6.83. The number of hydrogen-bond donors (Lipinski definition) is 1. The molecule has 0 aliphatic heterocycles. The highest BCUT2D eigenvalue weighted by molar-refractivity contribution is 5.78. The van der Waals surface area contributed by atoms with E-state index in [2.05, 4.69) is 45.1 Å². The van der Waals surface area contributed by atoms with E-state index in [1.807, 2.05) is 11.9 Å². The second-order valence-electron chi connectivity index (χ2n) is 6.83. The normalized spacial score (nSPS) is 18.6. The van der Waals surface area contributed by atoms with Gasteiger partial charge in [0.05, 0.1) is 6.54 Å². The average molecular weight is 255 g/mol. The van der Waals surface area contributed by atoms with Crippen molar-refractivity contribution in [3.8, 4) is 0 Å². The third-order valence-electron chi connectivity index (χ3n) is 3.96. The highest BCUT2D eigenvalue weighted by Gasteiger charge is 2.40. The highest BCUT2D eigenvalue weighted by atomic mass is 16.2. The van der Waals surface area contributed by atoms with Crippen LogP contribution >= 0.6 is 0 Å². The predicted octanol–water partition coefficient (Wildman–Crippen LogP) is 1.32. The molecule has 0 radical (unpaired) electrons. The summed E-state index contributed by atoms with van der Waals surface area (Å²) in [4.78, 5) is 16.2. The fourth-order valence-corrected chi connectivity index (χ4v) is 2.34. The van der Waals surface area contributed by atoms with Crippen LogP contribution in [0.3, 0.4) is 0 Å². The Balaban J connectivity index is 2.44. The van der Waals surface area contributed by atoms with E-state index in [1.54, 1.807) is 0 Å². The summed E-state index contributed by atoms with van der Waals surface area (Å²) in [5.41, 5.74) is 0.207. The molecule has 0 heterocycles. The second-order valence-corrected chi connectivity index (χ2v) is 6.83. The van der Waals surface area contributed by atoms with E-state index in [9.17, 15) is 4.79 Å². The Morgan fingerprint density at radius 2 is 1.78 bits per heavy atom. The van der Waals surface area contributed by atoms with E-state index >= 15 is 0 Å². The van der Waals surface area contributed by atoms with Gasteiger partial charge in [-0.25, -0.2) is 0 Å². The molecule has 0 spiro atoms. The van der Waals surface area contributed by atoms with Crippen molar-refractivity contribution >= 4 is 5.91 Å². The molecule has 0 atom stereocenters. The van der Waals surface area contributed by atoms with Gasteiger partial charge in [0.15, 0.2) is 0 Å². The van der Waals surface area contributed by atoms with E-state index < -0.39 is 0 Å². The first-order chi connectivity index (χ1) is 8.16. The van der Waals surface area contributed by atoms with Crippen LogP contribution in [0.1, 0.15) is 40.0 Å². The number of nitrogens with one attached hydrogen (secondary N) is 1. The fraction of sp³-hybridized carbons (Fsp3) is 0.929. The molecule has 0 saturated heterocycles. The molecule has 4 heteroatoms. The van der Waals surface area contributed by atoms with Gasteiger partial charge < -0.3 is 15.1 Å². The zero-order valence-corrected chi connectivity index (χ0v) is 12.8. The first-order valence-corrected chi connectivity index (χ1v) is 6.83. The minimum absolute atomic E-state index is 0.00773. The number of likely N-dealkylation sites (N-methyl/N-ethyl adjacent to an activating group) is 2. The molecule has 4 nitrogen and oxygen atoms in total. The van der Waals surface area contributed by atoms with E-state index in [0.29, 0.717) is 6.54 Å². The van der Waals surface area contributed by atoms with Gasteiger partial charge in [-0.3, -0.25) is 4.79 Å². The lowest BCUT2D eigenvalue weighted by Crippen LogP contribution is -2.58. The fourth-order valence-electron chi connectivity index (χ4n) is 2.34. The standard InChI is InChI=1S/C14H29N3O/c1-13(2,3)15-10-12(18)17(6)11-14(16(4)5)8-7-9-14/h15H,7-11H2,1-6H3. The van der Waals surface area contributed by atoms with Crippen LogP contribution in [-0.4, -0.2) is 61.0 Å². The van der Waals surface area contributed by atoms with Gasteiger partial charge in [-0.15, -0.1) is 0 Å². The van der Waals surface area contributed by atoms with E-state index in [-0.39, 0.29) is 17.0 Å². The molecule has 0 unspecified atom stereocenters. The minimum Gasteiger partial charge on any atom is -0.343 e. The third-order valence-corrected chi connectivity index (χ3v) is 3.96. The summed E-state index contributed by atoms with van der Waals surface area (Å²) >= 11 is 0. The Morgan fingerprint density at radius 3 is 2.11 bits per heavy atom. The number of nitrogens with zero attached hydrogens (tertiary/aromatic N) is 2. The summed E-state index contributed by atoms with van der Waals surface area (Å²) in [5.74, 6) is 0.179. The van der Waals surface area contributed by atoms with Gasteiger partial charge in [0.2, 0.25) is 5.91 Å². The first kappa shape index (κ1) is 15.4. The average Bonchev–Trinajstić information content (AvgIpc) is 2.17. The highest BCUT2D eigenvalue weighted by Crippen LogP contribution is 2.36. The summed E-state index contributed by atoms with van der Waals surface area (Å²) in [6.07, 6.45) is 3.68. The van der Waals surface area contributed by atoms with Crippen molar-refractivity contribution in [3.05, 3.63) is 0 Å². The van der Waals surface area contributed by atoms with Crippen molar-refractivity contribution in [1.82, 2.24) is 15.1 Å². The Morgan fingerprint density at radius 1 is 1.22 bits per heavy atom. The van der Waals surface area contributed by atoms with Crippen LogP contribution in [0.25, 0.3) is 0 Å². The number of carbonyl (C=O) groups excluding carboxylic acids is 1. The predicted molar refractivity (Wildman–Crippen MR) is 75.7 cm³/mol. The summed E-state index contributed by atoms with van der Waals surface area (Å²) in [6, 6.07) is 0. The molecule has 18 heavy (non-hydrogen) atoms. The van der Waals surface area contributed by atoms with Crippen LogP contribution in [0.4, 0.5) is 0 Å². The Bertz CT molecular complexity index is 290. The van der Waals surface area contributed by atoms with Crippen molar-refractivity contribution in [1.29, 1.82) is 0 Å². The van der Waals surface area contributed by atoms with Gasteiger partial charge in [-0.05, 0) is 54.1 Å². The zero-order chi connectivity index (χ0) is 14.0. The van der Waals surface area contributed by atoms with Gasteiger partial charge in [-0.2, -0.15) is 0 Å². The molecule has 1 aliphatic rings. The maximum Gasteiger partial charge on any atom is 0.236 e. The van der Waals surface area contributed by atoms with Crippen LogP contribution < -0.4 is 5.32 Å². The molecule has 1 fully saturated rings. The number of amides is 1. The molecular formula is C14H29N3O. The molecule has 1 amide bonds. The number of rotatable bonds is 5. The van der Waals surface area contributed by atoms with Crippen molar-refractivity contribution in [3.63, 3.8) is 0 Å². The summed E-state index contributed by atoms with van der Waals surface area (Å²) in [6.45, 7) is 7.49. The summed E-state index contributed by atoms with van der Waals surface area (Å²) in [5, 5.41) is 3.25. The second kappa shape index (κ2) is 5.57. The van der Waals surface area contributed by atoms with Gasteiger partial charge in [0, 0.05) is 24.7 Å². The maximum absolute atomic E-state index is 12.1. The van der Waals surface area contributed by atoms with Gasteiger partial charge >= 0.3 is 0 Å². The number of carbonyl (C=O) groups is 1. The molecule has 106 valence electrons. The molecule has 1 rings (SSSR count). The Labute approximate surface area is 112 Å². The topological polar surface area (TPSA) is 35.6 Å². The number of hydrogen-bond acceptors (Lipinski definition) is 3. The molecule has 0 aromatic carbocycles. The molecule has 1 saturated carbocycles. The smallest absolute Gasteiger partial charge is 0.236 e. The lowest BCUT2D eigenvalue weighted by Gasteiger charge is -2.49. The zero-order valence-electron chi connectivity index (χ0n) is 12.8. The van der Waals surface area contributed by atoms with E-state index in [0.717, 1.165) is 6.54 Å². The van der Waals surface area contributed by atoms with Gasteiger partial charge in [0.25, 0.3) is 0 Å². The molecule has 0 aromatic rings. The van der Waals surface area contributed by atoms with Crippen LogP contribution in [0.15, 0.2) is 0 Å². The van der Waals surface area contributed by atoms with Crippen LogP contribution in [-0.2, 0) is 4.79 Å². The van der Waals surface area contributed by atoms with Gasteiger partial charge in [-0.1, -0.05) is 0 Å². The summed E-state index contributed by atoms with van der Waals surface area (Å²) in [7, 11) is 6.14. The lowest BCUT2D eigenvalue weighted by molar-refractivity contribution is -0.132. The third kappa shape index (κ3) is 3.95. The van der Waals surface area contributed by atoms with E-state index in [4.69, 9.17) is 0 Å². The Hall–Kier alpha value is -0.610. The van der Waals surface area contributed by atoms with Crippen LogP contribution in [0.5, 0.6) is 0 Å². The Kier molecular flexibility index (Phi) is 4.78. The lowest BCUT2D eigenvalue weighted by atomic mass is 9.75. The monoisotopic (exact) mass is 255 g/mol. The van der Waals surface area contributed by atoms with Crippen molar-refractivity contribution < 1.29 is 4.79 Å². The van der Waals surface area contributed by atoms with Gasteiger partial charge in [0.1, 0.15) is 0 Å². The maximum atomic E-state index is 12.1. The van der Waals surface area contributed by atoms with Crippen LogP contribution in [0, 0.1) is 0 Å². The SMILES string of the molecule is CN(CC1(N(C)C)CCC1)C(=O)CNC(C)(C)C. The molecule has 1 N–H and O–H groups in total. The van der Waals surface area contributed by atoms with Crippen molar-refractivity contribution in [2.45, 2.75) is 51.1 Å². The quantitative estimate of drug-likeness (QED) is 0.805. The molecule has 1 aliphatic carbocycles. The van der Waals surface area contributed by atoms with Crippen molar-refractivity contribution in [2.24, 2.45) is 0 Å². The van der Waals surface area contributed by atoms with Crippen LogP contribution in [0.2, 0.25) is 0 Å².